The summed E-state index contributed by atoms with van der Waals surface area (Å²) in [6.45, 7) is 1.58. The number of allylic oxidation sites excluding steroid dienone is 1. The molecule has 0 aliphatic carbocycles. The van der Waals surface area contributed by atoms with E-state index in [0.717, 1.165) is 19.5 Å². The number of rotatable bonds is 1. The lowest BCUT2D eigenvalue weighted by molar-refractivity contribution is 0.174. The van der Waals surface area contributed by atoms with Crippen molar-refractivity contribution >= 4 is 6.09 Å². The summed E-state index contributed by atoms with van der Waals surface area (Å²) in [5.41, 5.74) is 0.150. The Morgan fingerprint density at radius 2 is 2.21 bits per heavy atom. The maximum absolute atomic E-state index is 10.8. The van der Waals surface area contributed by atoms with Crippen LogP contribution in [-0.4, -0.2) is 26.3 Å². The van der Waals surface area contributed by atoms with Crippen LogP contribution in [0.4, 0.5) is 4.79 Å². The molecule has 0 aromatic carbocycles. The van der Waals surface area contributed by atoms with E-state index in [-0.39, 0.29) is 5.70 Å². The average Bonchev–Trinajstić information content (AvgIpc) is 2.26. The van der Waals surface area contributed by atoms with Crippen LogP contribution in [0.3, 0.4) is 0 Å². The number of ether oxygens (including phenoxy) is 1. The highest BCUT2D eigenvalue weighted by atomic mass is 16.5. The molecule has 1 heterocycles. The summed E-state index contributed by atoms with van der Waals surface area (Å²) in [5.74, 6) is 0.546. The Hall–Kier alpha value is -1.90. The van der Waals surface area contributed by atoms with E-state index in [0.29, 0.717) is 5.82 Å². The van der Waals surface area contributed by atoms with E-state index in [1.807, 2.05) is 6.07 Å². The molecule has 0 aromatic heterocycles. The van der Waals surface area contributed by atoms with Crippen LogP contribution in [0.15, 0.2) is 11.5 Å². The van der Waals surface area contributed by atoms with Crippen LogP contribution in [0, 0.1) is 11.3 Å². The highest BCUT2D eigenvalue weighted by Gasteiger charge is 2.12. The van der Waals surface area contributed by atoms with Gasteiger partial charge in [0.1, 0.15) is 11.9 Å². The van der Waals surface area contributed by atoms with Crippen molar-refractivity contribution in [2.24, 2.45) is 0 Å². The predicted molar refractivity (Wildman–Crippen MR) is 48.8 cm³/mol. The highest BCUT2D eigenvalue weighted by molar-refractivity contribution is 5.70. The molecule has 0 bridgehead atoms. The quantitative estimate of drug-likeness (QED) is 0.498. The summed E-state index contributed by atoms with van der Waals surface area (Å²) in [5, 5.41) is 17.0. The minimum atomic E-state index is -0.650. The molecule has 14 heavy (non-hydrogen) atoms. The SMILES string of the molecule is COC(=O)NC(C#N)=C1NCCCN1. The molecular weight excluding hydrogens is 184 g/mol. The molecule has 3 N–H and O–H groups in total. The van der Waals surface area contributed by atoms with E-state index in [1.54, 1.807) is 0 Å². The van der Waals surface area contributed by atoms with Gasteiger partial charge in [-0.15, -0.1) is 0 Å². The zero-order valence-corrected chi connectivity index (χ0v) is 7.89. The van der Waals surface area contributed by atoms with E-state index in [9.17, 15) is 4.79 Å². The number of carbonyl (C=O) groups is 1. The fraction of sp³-hybridized carbons (Fsp3) is 0.500. The summed E-state index contributed by atoms with van der Waals surface area (Å²) in [4.78, 5) is 10.8. The second kappa shape index (κ2) is 4.97. The summed E-state index contributed by atoms with van der Waals surface area (Å²) in [6, 6.07) is 1.88. The fourth-order valence-corrected chi connectivity index (χ4v) is 1.05. The molecule has 0 atom stereocenters. The van der Waals surface area contributed by atoms with Gasteiger partial charge < -0.3 is 15.4 Å². The van der Waals surface area contributed by atoms with E-state index in [1.165, 1.54) is 7.11 Å². The molecule has 0 unspecified atom stereocenters. The minimum Gasteiger partial charge on any atom is -0.453 e. The molecule has 1 aliphatic heterocycles. The Morgan fingerprint density at radius 3 is 2.71 bits per heavy atom. The molecule has 0 aromatic rings. The third kappa shape index (κ3) is 2.55. The smallest absolute Gasteiger partial charge is 0.411 e. The van der Waals surface area contributed by atoms with E-state index >= 15 is 0 Å². The number of nitrogens with one attached hydrogen (secondary N) is 3. The van der Waals surface area contributed by atoms with Crippen LogP contribution in [0.5, 0.6) is 0 Å². The third-order valence-corrected chi connectivity index (χ3v) is 1.73. The summed E-state index contributed by atoms with van der Waals surface area (Å²) in [6.07, 6.45) is 0.337. The van der Waals surface area contributed by atoms with Crippen LogP contribution in [0.1, 0.15) is 6.42 Å². The van der Waals surface area contributed by atoms with Crippen molar-refractivity contribution in [3.8, 4) is 6.07 Å². The van der Waals surface area contributed by atoms with Gasteiger partial charge in [0.15, 0.2) is 5.70 Å². The van der Waals surface area contributed by atoms with Gasteiger partial charge >= 0.3 is 6.09 Å². The maximum atomic E-state index is 10.8. The standard InChI is InChI=1S/C8H12N4O2/c1-14-8(13)12-6(5-9)7-10-3-2-4-11-7/h10-11H,2-4H2,1H3,(H,12,13). The van der Waals surface area contributed by atoms with Crippen molar-refractivity contribution in [2.75, 3.05) is 20.2 Å². The number of methoxy groups -OCH3 is 1. The zero-order valence-electron chi connectivity index (χ0n) is 7.89. The molecule has 6 nitrogen and oxygen atoms in total. The van der Waals surface area contributed by atoms with Gasteiger partial charge in [0, 0.05) is 13.1 Å². The van der Waals surface area contributed by atoms with Gasteiger partial charge in [0.05, 0.1) is 7.11 Å². The molecule has 6 heteroatoms. The summed E-state index contributed by atoms with van der Waals surface area (Å²) < 4.78 is 4.38. The van der Waals surface area contributed by atoms with Gasteiger partial charge in [-0.3, -0.25) is 5.32 Å². The molecule has 1 aliphatic rings. The molecule has 1 fully saturated rings. The monoisotopic (exact) mass is 196 g/mol. The Morgan fingerprint density at radius 1 is 1.57 bits per heavy atom. The Balaban J connectivity index is 2.68. The van der Waals surface area contributed by atoms with Gasteiger partial charge in [0.2, 0.25) is 0 Å². The number of amides is 1. The number of nitriles is 1. The molecule has 1 saturated heterocycles. The highest BCUT2D eigenvalue weighted by Crippen LogP contribution is 1.98. The number of hydrogen-bond donors (Lipinski definition) is 3. The molecule has 0 spiro atoms. The first-order chi connectivity index (χ1) is 6.77. The Bertz CT molecular complexity index is 284. The lowest BCUT2D eigenvalue weighted by Gasteiger charge is -2.20. The van der Waals surface area contributed by atoms with Crippen LogP contribution >= 0.6 is 0 Å². The van der Waals surface area contributed by atoms with Crippen LogP contribution < -0.4 is 16.0 Å². The Kier molecular flexibility index (Phi) is 3.61. The van der Waals surface area contributed by atoms with Crippen molar-refractivity contribution < 1.29 is 9.53 Å². The number of alkyl carbamates (subject to hydrolysis) is 1. The molecule has 1 amide bonds. The van der Waals surface area contributed by atoms with Gasteiger partial charge in [-0.05, 0) is 6.42 Å². The minimum absolute atomic E-state index is 0.150. The van der Waals surface area contributed by atoms with E-state index in [2.05, 4.69) is 20.7 Å². The summed E-state index contributed by atoms with van der Waals surface area (Å²) in [7, 11) is 1.25. The second-order valence-electron chi connectivity index (χ2n) is 2.69. The van der Waals surface area contributed by atoms with Gasteiger partial charge in [-0.25, -0.2) is 4.79 Å². The van der Waals surface area contributed by atoms with Crippen molar-refractivity contribution in [3.63, 3.8) is 0 Å². The molecule has 0 radical (unpaired) electrons. The second-order valence-corrected chi connectivity index (χ2v) is 2.69. The number of hydrogen-bond acceptors (Lipinski definition) is 5. The zero-order chi connectivity index (χ0) is 10.4. The van der Waals surface area contributed by atoms with Crippen molar-refractivity contribution in [1.29, 1.82) is 5.26 Å². The largest absolute Gasteiger partial charge is 0.453 e. The lowest BCUT2D eigenvalue weighted by Crippen LogP contribution is -2.39. The molecule has 1 rings (SSSR count). The molecule has 76 valence electrons. The van der Waals surface area contributed by atoms with Gasteiger partial charge in [-0.2, -0.15) is 5.26 Å². The normalized spacial score (nSPS) is 14.4. The first kappa shape index (κ1) is 10.2. The van der Waals surface area contributed by atoms with Crippen LogP contribution in [0.25, 0.3) is 0 Å². The molecule has 0 saturated carbocycles. The van der Waals surface area contributed by atoms with E-state index in [4.69, 9.17) is 5.26 Å². The maximum Gasteiger partial charge on any atom is 0.411 e. The topological polar surface area (TPSA) is 86.2 Å². The fourth-order valence-electron chi connectivity index (χ4n) is 1.05. The summed E-state index contributed by atoms with van der Waals surface area (Å²) >= 11 is 0. The molecular formula is C8H12N4O2. The Labute approximate surface area is 81.9 Å². The van der Waals surface area contributed by atoms with E-state index < -0.39 is 6.09 Å². The van der Waals surface area contributed by atoms with Crippen LogP contribution in [-0.2, 0) is 4.74 Å². The van der Waals surface area contributed by atoms with Crippen molar-refractivity contribution in [2.45, 2.75) is 6.42 Å². The lowest BCUT2D eigenvalue weighted by atomic mass is 10.3. The van der Waals surface area contributed by atoms with Crippen molar-refractivity contribution in [3.05, 3.63) is 11.5 Å². The third-order valence-electron chi connectivity index (χ3n) is 1.73. The first-order valence-corrected chi connectivity index (χ1v) is 4.25. The number of nitrogens with zero attached hydrogens (tertiary/aromatic N) is 1. The number of carbonyl (C=O) groups excluding carboxylic acids is 1. The van der Waals surface area contributed by atoms with Gasteiger partial charge in [0.25, 0.3) is 0 Å². The average molecular weight is 196 g/mol. The predicted octanol–water partition coefficient (Wildman–Crippen LogP) is -0.382. The van der Waals surface area contributed by atoms with Crippen molar-refractivity contribution in [1.82, 2.24) is 16.0 Å². The first-order valence-electron chi connectivity index (χ1n) is 4.25. The van der Waals surface area contributed by atoms with Gasteiger partial charge in [-0.1, -0.05) is 0 Å². The van der Waals surface area contributed by atoms with Crippen LogP contribution in [0.2, 0.25) is 0 Å².